The van der Waals surface area contributed by atoms with Gasteiger partial charge in [-0.3, -0.25) is 4.79 Å². The molecule has 1 fully saturated rings. The number of carbonyl (C=O) groups is 1. The van der Waals surface area contributed by atoms with Crippen LogP contribution in [0.1, 0.15) is 61.5 Å². The molecule has 0 spiro atoms. The third kappa shape index (κ3) is 4.99. The smallest absolute Gasteiger partial charge is 0.255 e. The Morgan fingerprint density at radius 2 is 1.78 bits per heavy atom. The number of carbonyl (C=O) groups excluding carboxylic acids is 1. The molecule has 3 rings (SSSR count). The van der Waals surface area contributed by atoms with Gasteiger partial charge in [-0.1, -0.05) is 45.9 Å². The molecule has 1 saturated heterocycles. The number of rotatable bonds is 6. The van der Waals surface area contributed by atoms with Gasteiger partial charge in [0, 0.05) is 24.3 Å². The molecular formula is C25H34N2O4S. The molecule has 0 aliphatic carbocycles. The maximum Gasteiger partial charge on any atom is 0.255 e. The van der Waals surface area contributed by atoms with Crippen LogP contribution in [0.15, 0.2) is 41.3 Å². The van der Waals surface area contributed by atoms with Crippen LogP contribution in [0.4, 0.5) is 5.69 Å². The Morgan fingerprint density at radius 1 is 1.12 bits per heavy atom. The monoisotopic (exact) mass is 458 g/mol. The van der Waals surface area contributed by atoms with E-state index in [0.717, 1.165) is 23.2 Å². The normalized spacial score (nSPS) is 19.7. The lowest BCUT2D eigenvalue weighted by atomic mass is 9.94. The van der Waals surface area contributed by atoms with E-state index in [-0.39, 0.29) is 39.9 Å². The summed E-state index contributed by atoms with van der Waals surface area (Å²) >= 11 is 0. The van der Waals surface area contributed by atoms with Crippen LogP contribution < -0.4 is 10.1 Å². The highest BCUT2D eigenvalue weighted by molar-refractivity contribution is 7.89. The summed E-state index contributed by atoms with van der Waals surface area (Å²) in [5.74, 6) is 0.690. The van der Waals surface area contributed by atoms with E-state index in [2.05, 4.69) is 33.0 Å². The number of nitrogens with zero attached hydrogens (tertiary/aromatic N) is 1. The van der Waals surface area contributed by atoms with Crippen molar-refractivity contribution in [2.24, 2.45) is 11.8 Å². The number of methoxy groups -OCH3 is 1. The van der Waals surface area contributed by atoms with E-state index in [4.69, 9.17) is 4.74 Å². The summed E-state index contributed by atoms with van der Waals surface area (Å²) in [6.45, 7) is 11.2. The fourth-order valence-corrected chi connectivity index (χ4v) is 6.35. The van der Waals surface area contributed by atoms with E-state index in [1.165, 1.54) is 17.5 Å². The molecule has 0 aromatic heterocycles. The zero-order chi connectivity index (χ0) is 23.6. The second-order valence-electron chi connectivity index (χ2n) is 9.28. The minimum atomic E-state index is -3.80. The van der Waals surface area contributed by atoms with Gasteiger partial charge >= 0.3 is 0 Å². The maximum absolute atomic E-state index is 13.5. The molecule has 1 aliphatic heterocycles. The first-order chi connectivity index (χ1) is 15.0. The Labute approximate surface area is 192 Å². The lowest BCUT2D eigenvalue weighted by molar-refractivity contribution is 0.102. The van der Waals surface area contributed by atoms with Crippen LogP contribution in [-0.4, -0.2) is 38.8 Å². The van der Waals surface area contributed by atoms with E-state index in [9.17, 15) is 13.2 Å². The standard InChI is InChI=1S/C25H34N2O4S/c1-16(2)21-9-7-8-19(5)24(21)26-25(28)20-10-11-22(31-6)23(13-20)32(29,30)27-14-17(3)12-18(4)15-27/h7-11,13,16-18H,12,14-15H2,1-6H3,(H,26,28). The van der Waals surface area contributed by atoms with Crippen LogP contribution in [0.3, 0.4) is 0 Å². The third-order valence-electron chi connectivity index (χ3n) is 6.04. The lowest BCUT2D eigenvalue weighted by Gasteiger charge is -2.34. The van der Waals surface area contributed by atoms with Crippen molar-refractivity contribution in [3.8, 4) is 5.75 Å². The fraction of sp³-hybridized carbons (Fsp3) is 0.480. The summed E-state index contributed by atoms with van der Waals surface area (Å²) in [6.07, 6.45) is 1.00. The van der Waals surface area contributed by atoms with Crippen LogP contribution in [0.2, 0.25) is 0 Å². The number of anilines is 1. The highest BCUT2D eigenvalue weighted by Gasteiger charge is 2.34. The summed E-state index contributed by atoms with van der Waals surface area (Å²) < 4.78 is 33.9. The number of para-hydroxylation sites is 1. The molecule has 1 N–H and O–H groups in total. The molecule has 1 aliphatic rings. The minimum absolute atomic E-state index is 0.0304. The van der Waals surface area contributed by atoms with Crippen molar-refractivity contribution in [3.63, 3.8) is 0 Å². The topological polar surface area (TPSA) is 75.7 Å². The first kappa shape index (κ1) is 24.3. The summed E-state index contributed by atoms with van der Waals surface area (Å²) in [6, 6.07) is 10.5. The Morgan fingerprint density at radius 3 is 2.38 bits per heavy atom. The number of benzene rings is 2. The second-order valence-corrected chi connectivity index (χ2v) is 11.2. The number of nitrogens with one attached hydrogen (secondary N) is 1. The molecule has 1 amide bonds. The SMILES string of the molecule is COc1ccc(C(=O)Nc2c(C)cccc2C(C)C)cc1S(=O)(=O)N1CC(C)CC(C)C1. The van der Waals surface area contributed by atoms with Crippen LogP contribution in [-0.2, 0) is 10.0 Å². The molecule has 174 valence electrons. The fourth-order valence-electron chi connectivity index (χ4n) is 4.49. The van der Waals surface area contributed by atoms with Gasteiger partial charge in [0.05, 0.1) is 7.11 Å². The Hall–Kier alpha value is -2.38. The summed E-state index contributed by atoms with van der Waals surface area (Å²) in [4.78, 5) is 13.2. The van der Waals surface area contributed by atoms with Gasteiger partial charge in [0.15, 0.2) is 0 Å². The number of ether oxygens (including phenoxy) is 1. The van der Waals surface area contributed by atoms with Crippen LogP contribution in [0.5, 0.6) is 5.75 Å². The first-order valence-corrected chi connectivity index (χ1v) is 12.6. The Kier molecular flexibility index (Phi) is 7.30. The molecule has 0 radical (unpaired) electrons. The van der Waals surface area contributed by atoms with E-state index >= 15 is 0 Å². The molecular weight excluding hydrogens is 424 g/mol. The number of amides is 1. The Balaban J connectivity index is 1.97. The molecule has 2 aromatic carbocycles. The highest BCUT2D eigenvalue weighted by Crippen LogP contribution is 2.33. The first-order valence-electron chi connectivity index (χ1n) is 11.1. The number of aryl methyl sites for hydroxylation is 1. The summed E-state index contributed by atoms with van der Waals surface area (Å²) in [5.41, 5.74) is 3.05. The van der Waals surface area contributed by atoms with Gasteiger partial charge < -0.3 is 10.1 Å². The number of hydrogen-bond acceptors (Lipinski definition) is 4. The van der Waals surface area contributed by atoms with Crippen LogP contribution in [0.25, 0.3) is 0 Å². The maximum atomic E-state index is 13.5. The van der Waals surface area contributed by atoms with Crippen molar-refractivity contribution in [3.05, 3.63) is 53.1 Å². The summed E-state index contributed by atoms with van der Waals surface area (Å²) in [5, 5.41) is 3.00. The molecule has 2 aromatic rings. The number of sulfonamides is 1. The zero-order valence-electron chi connectivity index (χ0n) is 19.8. The van der Waals surface area contributed by atoms with Crippen molar-refractivity contribution in [2.45, 2.75) is 51.9 Å². The van der Waals surface area contributed by atoms with Crippen molar-refractivity contribution in [2.75, 3.05) is 25.5 Å². The molecule has 0 saturated carbocycles. The number of piperidine rings is 1. The quantitative estimate of drug-likeness (QED) is 0.658. The average Bonchev–Trinajstić information content (AvgIpc) is 2.73. The van der Waals surface area contributed by atoms with Crippen LogP contribution in [0, 0.1) is 18.8 Å². The van der Waals surface area contributed by atoms with E-state index in [1.807, 2.05) is 25.1 Å². The van der Waals surface area contributed by atoms with Gasteiger partial charge in [0.1, 0.15) is 10.6 Å². The minimum Gasteiger partial charge on any atom is -0.495 e. The van der Waals surface area contributed by atoms with Crippen molar-refractivity contribution in [1.29, 1.82) is 0 Å². The third-order valence-corrected chi connectivity index (χ3v) is 7.90. The van der Waals surface area contributed by atoms with Gasteiger partial charge in [-0.15, -0.1) is 0 Å². The molecule has 1 heterocycles. The molecule has 2 atom stereocenters. The predicted octanol–water partition coefficient (Wildman–Crippen LogP) is 5.05. The molecule has 6 nitrogen and oxygen atoms in total. The lowest BCUT2D eigenvalue weighted by Crippen LogP contribution is -2.42. The zero-order valence-corrected chi connectivity index (χ0v) is 20.6. The van der Waals surface area contributed by atoms with Crippen molar-refractivity contribution < 1.29 is 17.9 Å². The summed E-state index contributed by atoms with van der Waals surface area (Å²) in [7, 11) is -2.36. The van der Waals surface area contributed by atoms with E-state index in [0.29, 0.717) is 13.1 Å². The average molecular weight is 459 g/mol. The van der Waals surface area contributed by atoms with Gasteiger partial charge in [0.2, 0.25) is 10.0 Å². The number of hydrogen-bond donors (Lipinski definition) is 1. The van der Waals surface area contributed by atoms with Crippen molar-refractivity contribution >= 4 is 21.6 Å². The second kappa shape index (κ2) is 9.63. The molecule has 2 unspecified atom stereocenters. The Bertz CT molecular complexity index is 1090. The van der Waals surface area contributed by atoms with Gasteiger partial charge in [0.25, 0.3) is 5.91 Å². The molecule has 7 heteroatoms. The largest absolute Gasteiger partial charge is 0.495 e. The van der Waals surface area contributed by atoms with Gasteiger partial charge in [-0.25, -0.2) is 8.42 Å². The van der Waals surface area contributed by atoms with Gasteiger partial charge in [-0.2, -0.15) is 4.31 Å². The van der Waals surface area contributed by atoms with Gasteiger partial charge in [-0.05, 0) is 60.4 Å². The van der Waals surface area contributed by atoms with Crippen LogP contribution >= 0.6 is 0 Å². The predicted molar refractivity (Wildman–Crippen MR) is 128 cm³/mol. The van der Waals surface area contributed by atoms with Crippen molar-refractivity contribution in [1.82, 2.24) is 4.31 Å². The molecule has 0 bridgehead atoms. The van der Waals surface area contributed by atoms with E-state index < -0.39 is 10.0 Å². The van der Waals surface area contributed by atoms with E-state index in [1.54, 1.807) is 12.1 Å². The highest BCUT2D eigenvalue weighted by atomic mass is 32.2. The molecule has 32 heavy (non-hydrogen) atoms.